The molecule has 3 heterocycles. The second-order valence-corrected chi connectivity index (χ2v) is 5.44. The molecule has 25 heavy (non-hydrogen) atoms. The van der Waals surface area contributed by atoms with Crippen molar-refractivity contribution < 1.29 is 14.3 Å². The average Bonchev–Trinajstić information content (AvgIpc) is 3.33. The van der Waals surface area contributed by atoms with Gasteiger partial charge in [0.25, 0.3) is 5.91 Å². The third-order valence-corrected chi connectivity index (χ3v) is 3.79. The maximum atomic E-state index is 12.3. The van der Waals surface area contributed by atoms with Crippen molar-refractivity contribution >= 4 is 5.91 Å². The largest absolute Gasteiger partial charge is 0.454 e. The maximum Gasteiger partial charge on any atom is 0.269 e. The van der Waals surface area contributed by atoms with Crippen molar-refractivity contribution in [3.05, 3.63) is 60.3 Å². The van der Waals surface area contributed by atoms with Crippen LogP contribution in [0.15, 0.2) is 49.1 Å². The number of hydrogen-bond acceptors (Lipinski definition) is 6. The molecule has 1 aliphatic heterocycles. The van der Waals surface area contributed by atoms with Crippen molar-refractivity contribution in [1.29, 1.82) is 0 Å². The highest BCUT2D eigenvalue weighted by atomic mass is 16.7. The molecule has 0 unspecified atom stereocenters. The van der Waals surface area contributed by atoms with Crippen LogP contribution < -0.4 is 14.8 Å². The van der Waals surface area contributed by atoms with Gasteiger partial charge in [-0.15, -0.1) is 10.2 Å². The molecule has 126 valence electrons. The minimum Gasteiger partial charge on any atom is -0.454 e. The van der Waals surface area contributed by atoms with Gasteiger partial charge in [-0.3, -0.25) is 9.36 Å². The van der Waals surface area contributed by atoms with Crippen LogP contribution in [0.4, 0.5) is 0 Å². The summed E-state index contributed by atoms with van der Waals surface area (Å²) < 4.78 is 12.3. The van der Waals surface area contributed by atoms with Crippen LogP contribution in [0.25, 0.3) is 5.82 Å². The molecular formula is C17H15N5O3. The van der Waals surface area contributed by atoms with Gasteiger partial charge in [0.2, 0.25) is 6.79 Å². The first-order valence-electron chi connectivity index (χ1n) is 7.78. The lowest BCUT2D eigenvalue weighted by atomic mass is 10.1. The Hall–Kier alpha value is -3.42. The summed E-state index contributed by atoms with van der Waals surface area (Å²) in [7, 11) is 0. The van der Waals surface area contributed by atoms with Gasteiger partial charge in [-0.05, 0) is 36.2 Å². The Morgan fingerprint density at radius 3 is 2.84 bits per heavy atom. The van der Waals surface area contributed by atoms with Crippen molar-refractivity contribution in [2.75, 3.05) is 13.3 Å². The zero-order chi connectivity index (χ0) is 17.1. The second-order valence-electron chi connectivity index (χ2n) is 5.44. The Bertz CT molecular complexity index is 895. The second kappa shape index (κ2) is 6.60. The highest BCUT2D eigenvalue weighted by molar-refractivity contribution is 5.92. The van der Waals surface area contributed by atoms with Crippen LogP contribution in [0.2, 0.25) is 0 Å². The molecule has 1 amide bonds. The number of amides is 1. The van der Waals surface area contributed by atoms with E-state index in [1.54, 1.807) is 22.8 Å². The third kappa shape index (κ3) is 3.27. The fourth-order valence-corrected chi connectivity index (χ4v) is 2.52. The predicted molar refractivity (Wildman–Crippen MR) is 87.8 cm³/mol. The Morgan fingerprint density at radius 2 is 1.96 bits per heavy atom. The van der Waals surface area contributed by atoms with Gasteiger partial charge < -0.3 is 14.8 Å². The molecule has 0 radical (unpaired) electrons. The molecule has 1 aromatic carbocycles. The number of fused-ring (bicyclic) bond motifs is 1. The molecule has 0 spiro atoms. The summed E-state index contributed by atoms with van der Waals surface area (Å²) in [6, 6.07) is 11.0. The van der Waals surface area contributed by atoms with Crippen molar-refractivity contribution in [3.8, 4) is 17.3 Å². The summed E-state index contributed by atoms with van der Waals surface area (Å²) in [5, 5.41) is 10.3. The number of nitrogens with one attached hydrogen (secondary N) is 1. The van der Waals surface area contributed by atoms with E-state index in [1.165, 1.54) is 12.7 Å². The molecule has 0 bridgehead atoms. The molecule has 4 rings (SSSR count). The lowest BCUT2D eigenvalue weighted by molar-refractivity contribution is 0.0949. The molecule has 8 heteroatoms. The fraction of sp³-hybridized carbons (Fsp3) is 0.176. The molecule has 1 aliphatic rings. The number of ether oxygens (including phenoxy) is 2. The summed E-state index contributed by atoms with van der Waals surface area (Å²) in [5.41, 5.74) is 1.41. The normalized spacial score (nSPS) is 12.2. The van der Waals surface area contributed by atoms with Crippen LogP contribution >= 0.6 is 0 Å². The van der Waals surface area contributed by atoms with E-state index in [4.69, 9.17) is 9.47 Å². The lowest BCUT2D eigenvalue weighted by Gasteiger charge is -2.07. The third-order valence-electron chi connectivity index (χ3n) is 3.79. The van der Waals surface area contributed by atoms with Gasteiger partial charge in [0.15, 0.2) is 11.5 Å². The minimum atomic E-state index is -0.226. The molecule has 1 N–H and O–H groups in total. The number of hydrogen-bond donors (Lipinski definition) is 1. The minimum absolute atomic E-state index is 0.226. The van der Waals surface area contributed by atoms with Gasteiger partial charge in [-0.2, -0.15) is 0 Å². The molecular weight excluding hydrogens is 322 g/mol. The average molecular weight is 337 g/mol. The number of benzene rings is 1. The number of nitrogens with zero attached hydrogens (tertiary/aromatic N) is 4. The van der Waals surface area contributed by atoms with Crippen molar-refractivity contribution in [1.82, 2.24) is 25.1 Å². The van der Waals surface area contributed by atoms with E-state index >= 15 is 0 Å². The van der Waals surface area contributed by atoms with Crippen LogP contribution in [0, 0.1) is 0 Å². The Labute approximate surface area is 143 Å². The first-order valence-corrected chi connectivity index (χ1v) is 7.78. The summed E-state index contributed by atoms with van der Waals surface area (Å²) in [6.45, 7) is 0.751. The monoisotopic (exact) mass is 337 g/mol. The standard InChI is InChI=1S/C17H15N5O3/c23-17(13-2-1-3-16(21-13)22-9-19-20-10-22)18-7-6-12-4-5-14-15(8-12)25-11-24-14/h1-5,8-10H,6-7,11H2,(H,18,23). The number of carbonyl (C=O) groups is 1. The molecule has 3 aromatic rings. The number of pyridine rings is 1. The van der Waals surface area contributed by atoms with E-state index < -0.39 is 0 Å². The Morgan fingerprint density at radius 1 is 1.12 bits per heavy atom. The summed E-state index contributed by atoms with van der Waals surface area (Å²) in [6.07, 6.45) is 3.75. The lowest BCUT2D eigenvalue weighted by Crippen LogP contribution is -2.26. The SMILES string of the molecule is O=C(NCCc1ccc2c(c1)OCO2)c1cccc(-n2cnnc2)n1. The molecule has 0 saturated carbocycles. The molecule has 2 aromatic heterocycles. The first-order chi connectivity index (χ1) is 12.3. The zero-order valence-corrected chi connectivity index (χ0v) is 13.3. The van der Waals surface area contributed by atoms with Crippen molar-refractivity contribution in [2.24, 2.45) is 0 Å². The van der Waals surface area contributed by atoms with Gasteiger partial charge >= 0.3 is 0 Å². The first kappa shape index (κ1) is 15.1. The van der Waals surface area contributed by atoms with Gasteiger partial charge in [0.05, 0.1) is 0 Å². The van der Waals surface area contributed by atoms with Crippen LogP contribution in [0.3, 0.4) is 0 Å². The quantitative estimate of drug-likeness (QED) is 0.756. The van der Waals surface area contributed by atoms with Crippen molar-refractivity contribution in [2.45, 2.75) is 6.42 Å². The topological polar surface area (TPSA) is 91.2 Å². The van der Waals surface area contributed by atoms with Crippen molar-refractivity contribution in [3.63, 3.8) is 0 Å². The summed E-state index contributed by atoms with van der Waals surface area (Å²) in [4.78, 5) is 16.6. The molecule has 8 nitrogen and oxygen atoms in total. The van der Waals surface area contributed by atoms with Crippen LogP contribution in [0.5, 0.6) is 11.5 Å². The highest BCUT2D eigenvalue weighted by Gasteiger charge is 2.13. The van der Waals surface area contributed by atoms with E-state index in [9.17, 15) is 4.79 Å². The van der Waals surface area contributed by atoms with Gasteiger partial charge in [0, 0.05) is 6.54 Å². The fourth-order valence-electron chi connectivity index (χ4n) is 2.52. The Balaban J connectivity index is 1.37. The maximum absolute atomic E-state index is 12.3. The molecule has 0 atom stereocenters. The number of rotatable bonds is 5. The van der Waals surface area contributed by atoms with Crippen LogP contribution in [-0.4, -0.2) is 39.0 Å². The highest BCUT2D eigenvalue weighted by Crippen LogP contribution is 2.32. The van der Waals surface area contributed by atoms with E-state index in [-0.39, 0.29) is 12.7 Å². The number of aromatic nitrogens is 4. The van der Waals surface area contributed by atoms with Crippen LogP contribution in [0.1, 0.15) is 16.1 Å². The summed E-state index contributed by atoms with van der Waals surface area (Å²) >= 11 is 0. The smallest absolute Gasteiger partial charge is 0.269 e. The van der Waals surface area contributed by atoms with Gasteiger partial charge in [-0.25, -0.2) is 4.98 Å². The summed E-state index contributed by atoms with van der Waals surface area (Å²) in [5.74, 6) is 1.86. The van der Waals surface area contributed by atoms with E-state index in [0.29, 0.717) is 24.5 Å². The van der Waals surface area contributed by atoms with Crippen LogP contribution in [-0.2, 0) is 6.42 Å². The molecule has 0 fully saturated rings. The molecule has 0 aliphatic carbocycles. The van der Waals surface area contributed by atoms with E-state index in [1.807, 2.05) is 18.2 Å². The zero-order valence-electron chi connectivity index (χ0n) is 13.3. The Kier molecular flexibility index (Phi) is 3.99. The van der Waals surface area contributed by atoms with Gasteiger partial charge in [-0.1, -0.05) is 12.1 Å². The molecule has 0 saturated heterocycles. The van der Waals surface area contributed by atoms with E-state index in [2.05, 4.69) is 20.5 Å². The predicted octanol–water partition coefficient (Wildman–Crippen LogP) is 1.36. The number of carbonyl (C=O) groups excluding carboxylic acids is 1. The van der Waals surface area contributed by atoms with Gasteiger partial charge in [0.1, 0.15) is 24.2 Å². The van der Waals surface area contributed by atoms with E-state index in [0.717, 1.165) is 17.1 Å².